The van der Waals surface area contributed by atoms with Crippen LogP contribution in [0, 0.1) is 11.8 Å². The molecule has 0 aliphatic heterocycles. The van der Waals surface area contributed by atoms with Gasteiger partial charge in [-0.15, -0.1) is 0 Å². The second-order valence-electron chi connectivity index (χ2n) is 6.18. The molecule has 1 unspecified atom stereocenters. The standard InChI is InChI=1S/C14H25N3O/c15-14(16)8-6-12(7-9-14)13(17-10-18)11-4-2-1-3-5-11/h11-13H,1-9,15-16H2. The van der Waals surface area contributed by atoms with Gasteiger partial charge in [-0.1, -0.05) is 19.3 Å². The molecule has 102 valence electrons. The van der Waals surface area contributed by atoms with E-state index in [0.717, 1.165) is 25.7 Å². The molecule has 2 rings (SSSR count). The van der Waals surface area contributed by atoms with Gasteiger partial charge in [0.25, 0.3) is 0 Å². The molecule has 0 saturated heterocycles. The molecule has 18 heavy (non-hydrogen) atoms. The highest BCUT2D eigenvalue weighted by atomic mass is 16.1. The van der Waals surface area contributed by atoms with E-state index in [1.54, 1.807) is 6.08 Å². The summed E-state index contributed by atoms with van der Waals surface area (Å²) in [7, 11) is 0. The minimum absolute atomic E-state index is 0.166. The van der Waals surface area contributed by atoms with Crippen LogP contribution in [0.1, 0.15) is 57.8 Å². The van der Waals surface area contributed by atoms with Gasteiger partial charge < -0.3 is 11.5 Å². The average molecular weight is 251 g/mol. The smallest absolute Gasteiger partial charge is 0.235 e. The first-order chi connectivity index (χ1) is 8.62. The minimum atomic E-state index is -0.501. The Balaban J connectivity index is 1.99. The molecule has 0 aromatic rings. The molecule has 2 saturated carbocycles. The van der Waals surface area contributed by atoms with Crippen LogP contribution in [0.15, 0.2) is 4.99 Å². The summed E-state index contributed by atoms with van der Waals surface area (Å²) in [6.45, 7) is 0. The minimum Gasteiger partial charge on any atom is -0.313 e. The first-order valence-electron chi connectivity index (χ1n) is 7.27. The first-order valence-corrected chi connectivity index (χ1v) is 7.27. The van der Waals surface area contributed by atoms with Crippen molar-refractivity contribution in [2.45, 2.75) is 69.5 Å². The summed E-state index contributed by atoms with van der Waals surface area (Å²) in [6, 6.07) is 0.166. The lowest BCUT2D eigenvalue weighted by Crippen LogP contribution is -2.52. The molecule has 2 aliphatic rings. The quantitative estimate of drug-likeness (QED) is 0.457. The molecule has 2 aliphatic carbocycles. The zero-order chi connectivity index (χ0) is 13.0. The molecule has 0 aromatic carbocycles. The monoisotopic (exact) mass is 251 g/mol. The maximum Gasteiger partial charge on any atom is 0.235 e. The van der Waals surface area contributed by atoms with Gasteiger partial charge in [0.05, 0.1) is 11.7 Å². The van der Waals surface area contributed by atoms with Crippen LogP contribution in [0.2, 0.25) is 0 Å². The van der Waals surface area contributed by atoms with Crippen molar-refractivity contribution in [1.82, 2.24) is 0 Å². The molecule has 4 heteroatoms. The fraction of sp³-hybridized carbons (Fsp3) is 0.929. The molecule has 4 N–H and O–H groups in total. The van der Waals surface area contributed by atoms with Crippen LogP contribution < -0.4 is 11.5 Å². The van der Waals surface area contributed by atoms with Gasteiger partial charge in [-0.3, -0.25) is 0 Å². The van der Waals surface area contributed by atoms with Gasteiger partial charge in [0.2, 0.25) is 6.08 Å². The fourth-order valence-corrected chi connectivity index (χ4v) is 3.65. The second kappa shape index (κ2) is 5.96. The predicted octanol–water partition coefficient (Wildman–Crippen LogP) is 2.07. The van der Waals surface area contributed by atoms with Crippen LogP contribution in [0.5, 0.6) is 0 Å². The van der Waals surface area contributed by atoms with Gasteiger partial charge in [0.1, 0.15) is 0 Å². The van der Waals surface area contributed by atoms with Crippen LogP contribution in [0.25, 0.3) is 0 Å². The molecule has 0 bridgehead atoms. The molecule has 0 heterocycles. The highest BCUT2D eigenvalue weighted by Gasteiger charge is 2.36. The lowest BCUT2D eigenvalue weighted by molar-refractivity contribution is 0.167. The number of nitrogens with zero attached hydrogens (tertiary/aromatic N) is 1. The van der Waals surface area contributed by atoms with Crippen LogP contribution in [-0.2, 0) is 4.79 Å². The maximum atomic E-state index is 10.7. The van der Waals surface area contributed by atoms with E-state index in [4.69, 9.17) is 11.5 Å². The van der Waals surface area contributed by atoms with Gasteiger partial charge >= 0.3 is 0 Å². The van der Waals surface area contributed by atoms with E-state index in [1.165, 1.54) is 32.1 Å². The number of rotatable bonds is 3. The number of aliphatic imine (C=N–C) groups is 1. The Morgan fingerprint density at radius 3 is 2.11 bits per heavy atom. The summed E-state index contributed by atoms with van der Waals surface area (Å²) in [6.07, 6.45) is 11.8. The van der Waals surface area contributed by atoms with Gasteiger partial charge in [-0.05, 0) is 50.4 Å². The van der Waals surface area contributed by atoms with E-state index >= 15 is 0 Å². The summed E-state index contributed by atoms with van der Waals surface area (Å²) in [5.41, 5.74) is 11.4. The molecule has 2 fully saturated rings. The largest absolute Gasteiger partial charge is 0.313 e. The Morgan fingerprint density at radius 1 is 1.00 bits per heavy atom. The SMILES string of the molecule is NC1(N)CCC(C(N=C=O)C2CCCCC2)CC1. The Morgan fingerprint density at radius 2 is 1.56 bits per heavy atom. The van der Waals surface area contributed by atoms with Crippen LogP contribution in [0.3, 0.4) is 0 Å². The number of isocyanates is 1. The molecule has 0 spiro atoms. The van der Waals surface area contributed by atoms with E-state index < -0.39 is 5.66 Å². The zero-order valence-corrected chi connectivity index (χ0v) is 11.1. The van der Waals surface area contributed by atoms with Crippen molar-refractivity contribution >= 4 is 6.08 Å². The third-order valence-electron chi connectivity index (χ3n) is 4.78. The van der Waals surface area contributed by atoms with Gasteiger partial charge in [0.15, 0.2) is 0 Å². The number of hydrogen-bond acceptors (Lipinski definition) is 4. The van der Waals surface area contributed by atoms with E-state index in [2.05, 4.69) is 4.99 Å². The van der Waals surface area contributed by atoms with Crippen molar-refractivity contribution in [2.75, 3.05) is 0 Å². The lowest BCUT2D eigenvalue weighted by Gasteiger charge is -2.39. The van der Waals surface area contributed by atoms with E-state index in [0.29, 0.717) is 11.8 Å². The highest BCUT2D eigenvalue weighted by Crippen LogP contribution is 2.38. The number of carbonyl (C=O) groups excluding carboxylic acids is 1. The van der Waals surface area contributed by atoms with Gasteiger partial charge in [-0.2, -0.15) is 0 Å². The Labute approximate surface area is 109 Å². The normalized spacial score (nSPS) is 27.4. The zero-order valence-electron chi connectivity index (χ0n) is 11.1. The third kappa shape index (κ3) is 3.41. The first kappa shape index (κ1) is 13.7. The van der Waals surface area contributed by atoms with Crippen molar-refractivity contribution < 1.29 is 4.79 Å². The summed E-state index contributed by atoms with van der Waals surface area (Å²) in [5, 5.41) is 0. The van der Waals surface area contributed by atoms with Crippen LogP contribution in [-0.4, -0.2) is 17.8 Å². The molecule has 0 amide bonds. The van der Waals surface area contributed by atoms with Crippen LogP contribution >= 0.6 is 0 Å². The van der Waals surface area contributed by atoms with Gasteiger partial charge in [0, 0.05) is 0 Å². The summed E-state index contributed by atoms with van der Waals surface area (Å²) < 4.78 is 0. The molecular weight excluding hydrogens is 226 g/mol. The number of hydrogen-bond donors (Lipinski definition) is 2. The van der Waals surface area contributed by atoms with E-state index in [9.17, 15) is 4.79 Å². The third-order valence-corrected chi connectivity index (χ3v) is 4.78. The second-order valence-corrected chi connectivity index (χ2v) is 6.18. The van der Waals surface area contributed by atoms with Crippen LogP contribution in [0.4, 0.5) is 0 Å². The average Bonchev–Trinajstić information content (AvgIpc) is 2.38. The lowest BCUT2D eigenvalue weighted by atomic mass is 9.72. The van der Waals surface area contributed by atoms with E-state index in [1.807, 2.05) is 0 Å². The molecule has 1 atom stereocenters. The predicted molar refractivity (Wildman–Crippen MR) is 71.5 cm³/mol. The summed E-state index contributed by atoms with van der Waals surface area (Å²) in [4.78, 5) is 14.8. The topological polar surface area (TPSA) is 81.5 Å². The summed E-state index contributed by atoms with van der Waals surface area (Å²) in [5.74, 6) is 1.06. The van der Waals surface area contributed by atoms with E-state index in [-0.39, 0.29) is 6.04 Å². The Hall–Kier alpha value is -0.700. The Bertz CT molecular complexity index is 307. The molecule has 0 radical (unpaired) electrons. The van der Waals surface area contributed by atoms with Crippen molar-refractivity contribution in [1.29, 1.82) is 0 Å². The van der Waals surface area contributed by atoms with Crippen molar-refractivity contribution in [3.05, 3.63) is 0 Å². The van der Waals surface area contributed by atoms with Crippen molar-refractivity contribution in [2.24, 2.45) is 28.3 Å². The number of nitrogens with two attached hydrogens (primary N) is 2. The highest BCUT2D eigenvalue weighted by molar-refractivity contribution is 5.34. The van der Waals surface area contributed by atoms with Crippen molar-refractivity contribution in [3.8, 4) is 0 Å². The van der Waals surface area contributed by atoms with Gasteiger partial charge in [-0.25, -0.2) is 9.79 Å². The maximum absolute atomic E-state index is 10.7. The molecule has 4 nitrogen and oxygen atoms in total. The summed E-state index contributed by atoms with van der Waals surface area (Å²) >= 11 is 0. The Kier molecular flexibility index (Phi) is 4.55. The molecule has 0 aromatic heterocycles. The van der Waals surface area contributed by atoms with Crippen molar-refractivity contribution in [3.63, 3.8) is 0 Å². The molecular formula is C14H25N3O. The fourth-order valence-electron chi connectivity index (χ4n) is 3.65.